The number of amides is 2. The first-order chi connectivity index (χ1) is 14.6. The van der Waals surface area contributed by atoms with Crippen LogP contribution >= 0.6 is 0 Å². The van der Waals surface area contributed by atoms with E-state index in [9.17, 15) is 4.79 Å². The molecule has 0 aliphatic carbocycles. The molecule has 5 heterocycles. The van der Waals surface area contributed by atoms with Crippen molar-refractivity contribution in [3.8, 4) is 5.82 Å². The summed E-state index contributed by atoms with van der Waals surface area (Å²) in [6, 6.07) is 4.38. The van der Waals surface area contributed by atoms with Crippen LogP contribution in [0.1, 0.15) is 24.2 Å². The van der Waals surface area contributed by atoms with E-state index in [0.717, 1.165) is 75.3 Å². The predicted molar refractivity (Wildman–Crippen MR) is 112 cm³/mol. The summed E-state index contributed by atoms with van der Waals surface area (Å²) in [4.78, 5) is 25.9. The van der Waals surface area contributed by atoms with Crippen molar-refractivity contribution in [2.75, 3.05) is 44.3 Å². The summed E-state index contributed by atoms with van der Waals surface area (Å²) in [5.41, 5.74) is 2.03. The van der Waals surface area contributed by atoms with Gasteiger partial charge in [0.05, 0.1) is 5.69 Å². The van der Waals surface area contributed by atoms with Gasteiger partial charge in [-0.1, -0.05) is 0 Å². The summed E-state index contributed by atoms with van der Waals surface area (Å²) in [6.45, 7) is 8.95. The minimum Gasteiger partial charge on any atom is -0.381 e. The third-order valence-electron chi connectivity index (χ3n) is 6.51. The largest absolute Gasteiger partial charge is 0.381 e. The number of fused-ring (bicyclic) bond motifs is 1. The molecule has 160 valence electrons. The van der Waals surface area contributed by atoms with Crippen LogP contribution in [-0.4, -0.2) is 76.1 Å². The Hall–Kier alpha value is -2.68. The summed E-state index contributed by atoms with van der Waals surface area (Å²) in [6.07, 6.45) is 3.43. The Labute approximate surface area is 176 Å². The highest BCUT2D eigenvalue weighted by Gasteiger charge is 2.42. The Kier molecular flexibility index (Phi) is 5.06. The van der Waals surface area contributed by atoms with Crippen LogP contribution in [0.4, 0.5) is 10.6 Å². The summed E-state index contributed by atoms with van der Waals surface area (Å²) >= 11 is 0. The Balaban J connectivity index is 1.21. The Morgan fingerprint density at radius 1 is 1.03 bits per heavy atom. The molecule has 0 bridgehead atoms. The van der Waals surface area contributed by atoms with Gasteiger partial charge in [-0.05, 0) is 32.8 Å². The molecule has 3 fully saturated rings. The average Bonchev–Trinajstić information content (AvgIpc) is 3.41. The number of likely N-dealkylation sites (tertiary alicyclic amines) is 1. The average molecular weight is 412 g/mol. The van der Waals surface area contributed by atoms with Crippen molar-refractivity contribution in [3.05, 3.63) is 29.8 Å². The highest BCUT2D eigenvalue weighted by molar-refractivity contribution is 5.75. The lowest BCUT2D eigenvalue weighted by Gasteiger charge is -2.27. The van der Waals surface area contributed by atoms with E-state index in [0.29, 0.717) is 11.8 Å². The van der Waals surface area contributed by atoms with Crippen LogP contribution in [0.3, 0.4) is 0 Å². The molecule has 1 N–H and O–H groups in total. The van der Waals surface area contributed by atoms with E-state index < -0.39 is 0 Å². The predicted octanol–water partition coefficient (Wildman–Crippen LogP) is 1.54. The van der Waals surface area contributed by atoms with Crippen LogP contribution in [0.15, 0.2) is 18.5 Å². The Morgan fingerprint density at radius 2 is 1.73 bits per heavy atom. The summed E-state index contributed by atoms with van der Waals surface area (Å²) in [5, 5.41) is 7.72. The second-order valence-electron chi connectivity index (χ2n) is 8.74. The molecule has 9 nitrogen and oxygen atoms in total. The molecule has 3 aliphatic rings. The minimum absolute atomic E-state index is 0.0803. The molecular formula is C21H29N7O2. The van der Waals surface area contributed by atoms with Gasteiger partial charge in [-0.25, -0.2) is 19.4 Å². The molecule has 2 amide bonds. The fraction of sp³-hybridized carbons (Fsp3) is 0.619. The zero-order valence-electron chi connectivity index (χ0n) is 17.6. The Bertz CT molecular complexity index is 910. The van der Waals surface area contributed by atoms with Gasteiger partial charge in [-0.2, -0.15) is 5.10 Å². The maximum Gasteiger partial charge on any atom is 0.317 e. The zero-order chi connectivity index (χ0) is 20.7. The quantitative estimate of drug-likeness (QED) is 0.824. The number of nitrogens with one attached hydrogen (secondary N) is 1. The fourth-order valence-electron chi connectivity index (χ4n) is 4.94. The van der Waals surface area contributed by atoms with Gasteiger partial charge in [0, 0.05) is 69.0 Å². The number of rotatable bonds is 3. The van der Waals surface area contributed by atoms with E-state index in [1.165, 1.54) is 0 Å². The van der Waals surface area contributed by atoms with Crippen molar-refractivity contribution in [1.82, 2.24) is 30.0 Å². The second kappa shape index (κ2) is 7.86. The third kappa shape index (κ3) is 3.74. The monoisotopic (exact) mass is 411 g/mol. The molecule has 30 heavy (non-hydrogen) atoms. The van der Waals surface area contributed by atoms with Crippen LogP contribution < -0.4 is 10.2 Å². The number of carbonyl (C=O) groups excluding carboxylic acids is 1. The zero-order valence-corrected chi connectivity index (χ0v) is 17.6. The number of hydrogen-bond donors (Lipinski definition) is 1. The van der Waals surface area contributed by atoms with Crippen LogP contribution in [-0.2, 0) is 4.74 Å². The van der Waals surface area contributed by atoms with Crippen molar-refractivity contribution in [1.29, 1.82) is 0 Å². The minimum atomic E-state index is 0.0803. The highest BCUT2D eigenvalue weighted by Crippen LogP contribution is 2.33. The molecule has 0 aromatic carbocycles. The maximum absolute atomic E-state index is 12.7. The Morgan fingerprint density at radius 3 is 2.40 bits per heavy atom. The molecule has 9 heteroatoms. The molecule has 5 rings (SSSR count). The molecule has 2 atom stereocenters. The number of nitrogens with zero attached hydrogens (tertiary/aromatic N) is 6. The molecule has 3 saturated heterocycles. The van der Waals surface area contributed by atoms with E-state index in [1.807, 2.05) is 35.6 Å². The highest BCUT2D eigenvalue weighted by atomic mass is 16.5. The first-order valence-electron chi connectivity index (χ1n) is 10.8. The molecule has 2 aromatic heterocycles. The summed E-state index contributed by atoms with van der Waals surface area (Å²) < 4.78 is 7.24. The molecule has 2 aromatic rings. The third-order valence-corrected chi connectivity index (χ3v) is 6.51. The summed E-state index contributed by atoms with van der Waals surface area (Å²) in [7, 11) is 0. The maximum atomic E-state index is 12.7. The smallest absolute Gasteiger partial charge is 0.317 e. The second-order valence-corrected chi connectivity index (χ2v) is 8.74. The van der Waals surface area contributed by atoms with Gasteiger partial charge in [0.1, 0.15) is 12.1 Å². The van der Waals surface area contributed by atoms with Gasteiger partial charge in [0.2, 0.25) is 0 Å². The van der Waals surface area contributed by atoms with Crippen molar-refractivity contribution < 1.29 is 9.53 Å². The molecule has 3 aliphatic heterocycles. The number of ether oxygens (including phenoxy) is 1. The van der Waals surface area contributed by atoms with E-state index in [4.69, 9.17) is 4.74 Å². The van der Waals surface area contributed by atoms with E-state index in [1.54, 1.807) is 6.33 Å². The molecule has 2 unspecified atom stereocenters. The SMILES string of the molecule is Cc1cc(C)n(-c2cc(N3CC4CN(C(=O)NC5CCOCC5)CC4C3)ncn2)n1. The van der Waals surface area contributed by atoms with Crippen molar-refractivity contribution in [3.63, 3.8) is 0 Å². The topological polar surface area (TPSA) is 88.4 Å². The fourth-order valence-corrected chi connectivity index (χ4v) is 4.94. The number of urea groups is 1. The lowest BCUT2D eigenvalue weighted by molar-refractivity contribution is 0.0784. The lowest BCUT2D eigenvalue weighted by atomic mass is 10.0. The van der Waals surface area contributed by atoms with Crippen molar-refractivity contribution >= 4 is 11.8 Å². The van der Waals surface area contributed by atoms with E-state index in [2.05, 4.69) is 25.3 Å². The van der Waals surface area contributed by atoms with Crippen LogP contribution in [0.5, 0.6) is 0 Å². The van der Waals surface area contributed by atoms with Crippen LogP contribution in [0.25, 0.3) is 5.82 Å². The van der Waals surface area contributed by atoms with Crippen LogP contribution in [0.2, 0.25) is 0 Å². The lowest BCUT2D eigenvalue weighted by Crippen LogP contribution is -2.46. The molecular weight excluding hydrogens is 382 g/mol. The van der Waals surface area contributed by atoms with Crippen molar-refractivity contribution in [2.45, 2.75) is 32.7 Å². The first kappa shape index (κ1) is 19.3. The molecule has 0 spiro atoms. The number of aromatic nitrogens is 4. The standard InChI is InChI=1S/C21H29N7O2/c1-14-7-15(2)28(25-14)20-8-19(22-13-23-20)26-9-16-11-27(12-17(16)10-26)21(29)24-18-3-5-30-6-4-18/h7-8,13,16-18H,3-6,9-12H2,1-2H3,(H,24,29). The molecule has 0 saturated carbocycles. The van der Waals surface area contributed by atoms with Gasteiger partial charge in [-0.3, -0.25) is 0 Å². The first-order valence-corrected chi connectivity index (χ1v) is 10.8. The number of carbonyl (C=O) groups is 1. The van der Waals surface area contributed by atoms with Gasteiger partial charge < -0.3 is 19.9 Å². The van der Waals surface area contributed by atoms with Gasteiger partial charge in [0.25, 0.3) is 0 Å². The summed E-state index contributed by atoms with van der Waals surface area (Å²) in [5.74, 6) is 2.69. The van der Waals surface area contributed by atoms with E-state index >= 15 is 0 Å². The van der Waals surface area contributed by atoms with Gasteiger partial charge in [-0.15, -0.1) is 0 Å². The van der Waals surface area contributed by atoms with Gasteiger partial charge >= 0.3 is 6.03 Å². The van der Waals surface area contributed by atoms with Gasteiger partial charge in [0.15, 0.2) is 5.82 Å². The van der Waals surface area contributed by atoms with Crippen molar-refractivity contribution in [2.24, 2.45) is 11.8 Å². The van der Waals surface area contributed by atoms with Crippen LogP contribution in [0, 0.1) is 25.7 Å². The molecule has 0 radical (unpaired) electrons. The number of hydrogen-bond acceptors (Lipinski definition) is 6. The van der Waals surface area contributed by atoms with E-state index in [-0.39, 0.29) is 12.1 Å². The number of aryl methyl sites for hydroxylation is 2. The number of anilines is 1. The normalized spacial score (nSPS) is 24.3.